The first kappa shape index (κ1) is 19.2. The molecule has 26 heavy (non-hydrogen) atoms. The molecule has 0 radical (unpaired) electrons. The molecule has 2 aromatic rings. The van der Waals surface area contributed by atoms with Crippen molar-refractivity contribution in [3.05, 3.63) is 54.0 Å². The Morgan fingerprint density at radius 1 is 1.23 bits per heavy atom. The molecule has 2 rings (SSSR count). The van der Waals surface area contributed by atoms with Crippen LogP contribution in [0.2, 0.25) is 0 Å². The molecule has 0 saturated carbocycles. The van der Waals surface area contributed by atoms with Crippen molar-refractivity contribution in [2.24, 2.45) is 5.92 Å². The van der Waals surface area contributed by atoms with E-state index in [0.717, 1.165) is 24.3 Å². The number of ketones is 1. The highest BCUT2D eigenvalue weighted by Gasteiger charge is 2.31. The molecule has 2 unspecified atom stereocenters. The van der Waals surface area contributed by atoms with Crippen LogP contribution in [0.4, 0.5) is 18.9 Å². The largest absolute Gasteiger partial charge is 0.467 e. The molecule has 1 amide bonds. The van der Waals surface area contributed by atoms with Crippen molar-refractivity contribution < 1.29 is 32.3 Å². The quantitative estimate of drug-likeness (QED) is 0.765. The molecule has 0 aliphatic carbocycles. The fourth-order valence-corrected chi connectivity index (χ4v) is 2.12. The summed E-state index contributed by atoms with van der Waals surface area (Å²) in [7, 11) is 0. The molecule has 136 valence electrons. The third-order valence-corrected chi connectivity index (χ3v) is 3.46. The van der Waals surface area contributed by atoms with Gasteiger partial charge in [0.1, 0.15) is 11.9 Å². The number of alkyl halides is 3. The molecular weight excluding hydrogens is 353 g/mol. The smallest absolute Gasteiger partial charge is 0.416 e. The van der Waals surface area contributed by atoms with Gasteiger partial charge >= 0.3 is 6.18 Å². The Bertz CT molecular complexity index is 808. The maximum atomic E-state index is 12.5. The predicted octanol–water partition coefficient (Wildman–Crippen LogP) is 3.07. The van der Waals surface area contributed by atoms with E-state index in [1.165, 1.54) is 24.5 Å². The number of halogens is 3. The van der Waals surface area contributed by atoms with E-state index in [4.69, 9.17) is 9.68 Å². The molecule has 0 aliphatic rings. The molecule has 9 heteroatoms. The van der Waals surface area contributed by atoms with Crippen LogP contribution in [0.1, 0.15) is 23.8 Å². The minimum Gasteiger partial charge on any atom is -0.467 e. The van der Waals surface area contributed by atoms with Gasteiger partial charge in [-0.25, -0.2) is 0 Å². The van der Waals surface area contributed by atoms with Crippen LogP contribution < -0.4 is 5.32 Å². The van der Waals surface area contributed by atoms with Gasteiger partial charge in [-0.05, 0) is 36.4 Å². The van der Waals surface area contributed by atoms with Gasteiger partial charge in [-0.3, -0.25) is 9.59 Å². The fraction of sp³-hybridized carbons (Fsp3) is 0.235. The summed E-state index contributed by atoms with van der Waals surface area (Å²) in [6.07, 6.45) is -5.06. The topological polar surface area (TPSA) is 103 Å². The first-order valence-electron chi connectivity index (χ1n) is 7.34. The van der Waals surface area contributed by atoms with E-state index in [2.05, 4.69) is 5.32 Å². The Labute approximate surface area is 145 Å². The highest BCUT2D eigenvalue weighted by atomic mass is 19.4. The summed E-state index contributed by atoms with van der Waals surface area (Å²) in [6.45, 7) is 0. The molecule has 0 bridgehead atoms. The van der Waals surface area contributed by atoms with Gasteiger partial charge < -0.3 is 14.8 Å². The number of anilines is 1. The van der Waals surface area contributed by atoms with E-state index in [0.29, 0.717) is 0 Å². The van der Waals surface area contributed by atoms with Crippen molar-refractivity contribution >= 4 is 17.4 Å². The molecule has 2 N–H and O–H groups in total. The molecule has 0 spiro atoms. The average molecular weight is 366 g/mol. The minimum atomic E-state index is -4.52. The zero-order valence-corrected chi connectivity index (χ0v) is 13.2. The summed E-state index contributed by atoms with van der Waals surface area (Å²) < 4.78 is 42.4. The lowest BCUT2D eigenvalue weighted by Gasteiger charge is -2.12. The number of hydrogen-bond acceptors (Lipinski definition) is 5. The van der Waals surface area contributed by atoms with E-state index < -0.39 is 41.9 Å². The number of nitrogens with one attached hydrogen (secondary N) is 1. The second-order valence-corrected chi connectivity index (χ2v) is 5.33. The maximum absolute atomic E-state index is 12.5. The number of rotatable bonds is 6. The van der Waals surface area contributed by atoms with Crippen LogP contribution in [-0.2, 0) is 15.8 Å². The number of carbonyl (C=O) groups excluding carboxylic acids is 2. The highest BCUT2D eigenvalue weighted by Crippen LogP contribution is 2.30. The summed E-state index contributed by atoms with van der Waals surface area (Å²) >= 11 is 0. The van der Waals surface area contributed by atoms with Crippen molar-refractivity contribution in [1.29, 1.82) is 5.26 Å². The monoisotopic (exact) mass is 366 g/mol. The molecule has 1 aromatic carbocycles. The summed E-state index contributed by atoms with van der Waals surface area (Å²) in [5.74, 6) is -3.45. The zero-order chi connectivity index (χ0) is 19.3. The molecule has 0 aliphatic heterocycles. The highest BCUT2D eigenvalue weighted by molar-refractivity contribution is 6.09. The van der Waals surface area contributed by atoms with Gasteiger partial charge in [0.25, 0.3) is 0 Å². The Hall–Kier alpha value is -3.12. The number of aliphatic hydroxyl groups is 1. The van der Waals surface area contributed by atoms with Crippen molar-refractivity contribution in [2.45, 2.75) is 18.7 Å². The van der Waals surface area contributed by atoms with Crippen molar-refractivity contribution in [3.63, 3.8) is 0 Å². The molecular formula is C17H13F3N2O4. The minimum absolute atomic E-state index is 0.00244. The number of benzene rings is 1. The molecule has 1 aromatic heterocycles. The van der Waals surface area contributed by atoms with Crippen LogP contribution >= 0.6 is 0 Å². The summed E-state index contributed by atoms with van der Waals surface area (Å²) in [5.41, 5.74) is -0.896. The first-order chi connectivity index (χ1) is 12.2. The second kappa shape index (κ2) is 7.84. The number of aliphatic hydroxyl groups excluding tert-OH is 1. The molecule has 1 heterocycles. The Morgan fingerprint density at radius 3 is 2.38 bits per heavy atom. The maximum Gasteiger partial charge on any atom is 0.416 e. The van der Waals surface area contributed by atoms with Crippen LogP contribution in [0.3, 0.4) is 0 Å². The van der Waals surface area contributed by atoms with Crippen LogP contribution in [0, 0.1) is 17.2 Å². The standard InChI is InChI=1S/C17H13F3N2O4/c18-17(19,20)10-3-5-11(6-4-10)22-16(25)12(9-21)13(23)8-14(24)15-2-1-7-26-15/h1-7,12,14,24H,8H2,(H,22,25). The Morgan fingerprint density at radius 2 is 1.88 bits per heavy atom. The summed E-state index contributed by atoms with van der Waals surface area (Å²) in [4.78, 5) is 24.1. The van der Waals surface area contributed by atoms with E-state index in [9.17, 15) is 27.9 Å². The van der Waals surface area contributed by atoms with Gasteiger partial charge in [-0.1, -0.05) is 0 Å². The molecule has 0 saturated heterocycles. The van der Waals surface area contributed by atoms with Gasteiger partial charge in [0.2, 0.25) is 5.91 Å². The van der Waals surface area contributed by atoms with Gasteiger partial charge in [0, 0.05) is 12.1 Å². The number of carbonyl (C=O) groups is 2. The molecule has 0 fully saturated rings. The van der Waals surface area contributed by atoms with Crippen molar-refractivity contribution in [3.8, 4) is 6.07 Å². The van der Waals surface area contributed by atoms with Crippen LogP contribution in [0.15, 0.2) is 47.1 Å². The lowest BCUT2D eigenvalue weighted by Crippen LogP contribution is -2.29. The normalized spacial score (nSPS) is 13.5. The number of nitriles is 1. The van der Waals surface area contributed by atoms with E-state index in [-0.39, 0.29) is 11.4 Å². The van der Waals surface area contributed by atoms with Gasteiger partial charge in [0.15, 0.2) is 11.7 Å². The lowest BCUT2D eigenvalue weighted by atomic mass is 9.98. The van der Waals surface area contributed by atoms with Gasteiger partial charge in [-0.15, -0.1) is 0 Å². The van der Waals surface area contributed by atoms with Crippen molar-refractivity contribution in [1.82, 2.24) is 0 Å². The SMILES string of the molecule is N#CC(C(=O)CC(O)c1ccco1)C(=O)Nc1ccc(C(F)(F)F)cc1. The summed E-state index contributed by atoms with van der Waals surface area (Å²) in [6, 6.07) is 8.01. The number of furan rings is 1. The Balaban J connectivity index is 2.02. The second-order valence-electron chi connectivity index (χ2n) is 5.33. The number of nitrogens with zero attached hydrogens (tertiary/aromatic N) is 1. The first-order valence-corrected chi connectivity index (χ1v) is 7.34. The van der Waals surface area contributed by atoms with Crippen LogP contribution in [-0.4, -0.2) is 16.8 Å². The summed E-state index contributed by atoms with van der Waals surface area (Å²) in [5, 5.41) is 21.1. The predicted molar refractivity (Wildman–Crippen MR) is 82.5 cm³/mol. The zero-order valence-electron chi connectivity index (χ0n) is 13.2. The number of amides is 1. The molecule has 6 nitrogen and oxygen atoms in total. The van der Waals surface area contributed by atoms with Gasteiger partial charge in [0.05, 0.1) is 17.9 Å². The van der Waals surface area contributed by atoms with E-state index in [1.807, 2.05) is 0 Å². The van der Waals surface area contributed by atoms with Gasteiger partial charge in [-0.2, -0.15) is 18.4 Å². The number of Topliss-reactive ketones (excluding diaryl/α,β-unsaturated/α-hetero) is 1. The van der Waals surface area contributed by atoms with E-state index >= 15 is 0 Å². The van der Waals surface area contributed by atoms with Crippen LogP contribution in [0.5, 0.6) is 0 Å². The van der Waals surface area contributed by atoms with E-state index in [1.54, 1.807) is 0 Å². The lowest BCUT2D eigenvalue weighted by molar-refractivity contribution is -0.137. The number of hydrogen-bond donors (Lipinski definition) is 2. The van der Waals surface area contributed by atoms with Crippen molar-refractivity contribution in [2.75, 3.05) is 5.32 Å². The fourth-order valence-electron chi connectivity index (χ4n) is 2.12. The Kier molecular flexibility index (Phi) is 5.79. The third-order valence-electron chi connectivity index (χ3n) is 3.46. The average Bonchev–Trinajstić information content (AvgIpc) is 3.09. The van der Waals surface area contributed by atoms with Crippen LogP contribution in [0.25, 0.3) is 0 Å². The molecule has 2 atom stereocenters. The third kappa shape index (κ3) is 4.70.